The number of hydrogen-bond donors (Lipinski definition) is 0. The van der Waals surface area contributed by atoms with Gasteiger partial charge in [0.25, 0.3) is 0 Å². The Bertz CT molecular complexity index is 217. The molecule has 2 heterocycles. The SMILES string of the molecule is O=C1OCC/C1=C\N1CCCC1. The molecule has 0 atom stereocenters. The number of carbonyl (C=O) groups is 1. The second-order valence-corrected chi connectivity index (χ2v) is 3.28. The molecule has 2 saturated heterocycles. The smallest absolute Gasteiger partial charge is 0.335 e. The zero-order valence-corrected chi connectivity index (χ0v) is 7.08. The highest BCUT2D eigenvalue weighted by Crippen LogP contribution is 2.16. The number of carbonyl (C=O) groups excluding carboxylic acids is 1. The van der Waals surface area contributed by atoms with E-state index in [1.165, 1.54) is 12.8 Å². The van der Waals surface area contributed by atoms with Crippen LogP contribution in [0.2, 0.25) is 0 Å². The first kappa shape index (κ1) is 7.65. The van der Waals surface area contributed by atoms with Gasteiger partial charge < -0.3 is 9.64 Å². The van der Waals surface area contributed by atoms with Crippen LogP contribution in [-0.2, 0) is 9.53 Å². The number of nitrogens with zero attached hydrogens (tertiary/aromatic N) is 1. The number of hydrogen-bond acceptors (Lipinski definition) is 3. The lowest BCUT2D eigenvalue weighted by Crippen LogP contribution is -2.13. The third kappa shape index (κ3) is 1.44. The monoisotopic (exact) mass is 167 g/mol. The van der Waals surface area contributed by atoms with E-state index in [0.717, 1.165) is 25.1 Å². The molecular weight excluding hydrogens is 154 g/mol. The average molecular weight is 167 g/mol. The van der Waals surface area contributed by atoms with E-state index in [-0.39, 0.29) is 5.97 Å². The molecule has 0 radical (unpaired) electrons. The highest BCUT2D eigenvalue weighted by molar-refractivity contribution is 5.90. The quantitative estimate of drug-likeness (QED) is 0.429. The molecule has 12 heavy (non-hydrogen) atoms. The standard InChI is InChI=1S/C9H13NO2/c11-9-8(3-6-12-9)7-10-4-1-2-5-10/h7H,1-6H2/b8-7+. The van der Waals surface area contributed by atoms with Crippen molar-refractivity contribution in [1.29, 1.82) is 0 Å². The molecule has 0 aromatic rings. The fourth-order valence-corrected chi connectivity index (χ4v) is 1.66. The van der Waals surface area contributed by atoms with Crippen LogP contribution in [0.4, 0.5) is 0 Å². The Labute approximate surface area is 72.0 Å². The first-order valence-electron chi connectivity index (χ1n) is 4.48. The van der Waals surface area contributed by atoms with Gasteiger partial charge in [-0.1, -0.05) is 0 Å². The molecule has 3 nitrogen and oxygen atoms in total. The summed E-state index contributed by atoms with van der Waals surface area (Å²) in [6.07, 6.45) is 5.26. The molecule has 2 aliphatic rings. The van der Waals surface area contributed by atoms with E-state index >= 15 is 0 Å². The number of likely N-dealkylation sites (tertiary alicyclic amines) is 1. The molecule has 3 heteroatoms. The molecule has 66 valence electrons. The lowest BCUT2D eigenvalue weighted by molar-refractivity contribution is -0.135. The maximum absolute atomic E-state index is 11.0. The van der Waals surface area contributed by atoms with Gasteiger partial charge in [0.2, 0.25) is 0 Å². The van der Waals surface area contributed by atoms with Crippen LogP contribution in [-0.4, -0.2) is 30.6 Å². The molecule has 0 N–H and O–H groups in total. The first-order valence-corrected chi connectivity index (χ1v) is 4.48. The van der Waals surface area contributed by atoms with Gasteiger partial charge in [0.05, 0.1) is 12.2 Å². The second kappa shape index (κ2) is 3.17. The molecule has 0 aromatic heterocycles. The van der Waals surface area contributed by atoms with Gasteiger partial charge in [-0.05, 0) is 12.8 Å². The summed E-state index contributed by atoms with van der Waals surface area (Å²) in [7, 11) is 0. The van der Waals surface area contributed by atoms with Crippen LogP contribution < -0.4 is 0 Å². The Morgan fingerprint density at radius 2 is 2.08 bits per heavy atom. The maximum Gasteiger partial charge on any atom is 0.335 e. The van der Waals surface area contributed by atoms with Gasteiger partial charge in [-0.2, -0.15) is 0 Å². The summed E-state index contributed by atoms with van der Waals surface area (Å²) >= 11 is 0. The van der Waals surface area contributed by atoms with Crippen molar-refractivity contribution in [2.24, 2.45) is 0 Å². The Morgan fingerprint density at radius 3 is 2.67 bits per heavy atom. The fraction of sp³-hybridized carbons (Fsp3) is 0.667. The van der Waals surface area contributed by atoms with Crippen molar-refractivity contribution in [1.82, 2.24) is 4.90 Å². The van der Waals surface area contributed by atoms with Crippen LogP contribution in [0.5, 0.6) is 0 Å². The normalized spacial score (nSPS) is 26.8. The fourth-order valence-electron chi connectivity index (χ4n) is 1.66. The predicted molar refractivity (Wildman–Crippen MR) is 44.5 cm³/mol. The van der Waals surface area contributed by atoms with Gasteiger partial charge in [0.15, 0.2) is 0 Å². The average Bonchev–Trinajstić information content (AvgIpc) is 2.65. The Balaban J connectivity index is 2.01. The summed E-state index contributed by atoms with van der Waals surface area (Å²) in [6.45, 7) is 2.76. The van der Waals surface area contributed by atoms with Gasteiger partial charge in [-0.25, -0.2) is 4.79 Å². The first-order chi connectivity index (χ1) is 5.86. The van der Waals surface area contributed by atoms with E-state index in [9.17, 15) is 4.79 Å². The molecular formula is C9H13NO2. The van der Waals surface area contributed by atoms with Gasteiger partial charge in [-0.3, -0.25) is 0 Å². The molecule has 0 spiro atoms. The van der Waals surface area contributed by atoms with Crippen LogP contribution in [0.3, 0.4) is 0 Å². The topological polar surface area (TPSA) is 29.5 Å². The minimum absolute atomic E-state index is 0.123. The minimum atomic E-state index is -0.123. The highest BCUT2D eigenvalue weighted by atomic mass is 16.5. The molecule has 0 bridgehead atoms. The van der Waals surface area contributed by atoms with Crippen molar-refractivity contribution in [2.45, 2.75) is 19.3 Å². The van der Waals surface area contributed by atoms with E-state index in [1.807, 2.05) is 6.20 Å². The number of cyclic esters (lactones) is 1. The molecule has 2 rings (SSSR count). The predicted octanol–water partition coefficient (Wildman–Crippen LogP) is 0.913. The largest absolute Gasteiger partial charge is 0.462 e. The lowest BCUT2D eigenvalue weighted by atomic mass is 10.2. The van der Waals surface area contributed by atoms with Crippen LogP contribution in [0, 0.1) is 0 Å². The highest BCUT2D eigenvalue weighted by Gasteiger charge is 2.20. The van der Waals surface area contributed by atoms with Crippen molar-refractivity contribution < 1.29 is 9.53 Å². The van der Waals surface area contributed by atoms with Gasteiger partial charge in [-0.15, -0.1) is 0 Å². The summed E-state index contributed by atoms with van der Waals surface area (Å²) < 4.78 is 4.84. The molecule has 0 amide bonds. The summed E-state index contributed by atoms with van der Waals surface area (Å²) in [6, 6.07) is 0. The zero-order valence-electron chi connectivity index (χ0n) is 7.08. The minimum Gasteiger partial charge on any atom is -0.462 e. The van der Waals surface area contributed by atoms with E-state index < -0.39 is 0 Å². The van der Waals surface area contributed by atoms with Crippen molar-refractivity contribution >= 4 is 5.97 Å². The van der Waals surface area contributed by atoms with E-state index in [4.69, 9.17) is 4.74 Å². The Kier molecular flexibility index (Phi) is 2.02. The third-order valence-electron chi connectivity index (χ3n) is 2.35. The van der Waals surface area contributed by atoms with Crippen LogP contribution in [0.25, 0.3) is 0 Å². The summed E-state index contributed by atoms with van der Waals surface area (Å²) in [5, 5.41) is 0. The lowest BCUT2D eigenvalue weighted by Gasteiger charge is -2.10. The molecule has 2 fully saturated rings. The van der Waals surface area contributed by atoms with Gasteiger partial charge in [0, 0.05) is 25.7 Å². The van der Waals surface area contributed by atoms with Crippen LogP contribution in [0.1, 0.15) is 19.3 Å². The summed E-state index contributed by atoms with van der Waals surface area (Å²) in [5.74, 6) is -0.123. The van der Waals surface area contributed by atoms with Gasteiger partial charge >= 0.3 is 5.97 Å². The van der Waals surface area contributed by atoms with E-state index in [1.54, 1.807) is 0 Å². The molecule has 0 unspecified atom stereocenters. The number of ether oxygens (including phenoxy) is 1. The number of rotatable bonds is 1. The zero-order chi connectivity index (χ0) is 8.39. The maximum atomic E-state index is 11.0. The Morgan fingerprint density at radius 1 is 1.33 bits per heavy atom. The molecule has 2 aliphatic heterocycles. The van der Waals surface area contributed by atoms with Crippen LogP contribution >= 0.6 is 0 Å². The molecule has 0 aliphatic carbocycles. The van der Waals surface area contributed by atoms with Crippen molar-refractivity contribution in [3.8, 4) is 0 Å². The molecule has 0 aromatic carbocycles. The second-order valence-electron chi connectivity index (χ2n) is 3.28. The van der Waals surface area contributed by atoms with E-state index in [0.29, 0.717) is 6.61 Å². The third-order valence-corrected chi connectivity index (χ3v) is 2.35. The van der Waals surface area contributed by atoms with Crippen molar-refractivity contribution in [2.75, 3.05) is 19.7 Å². The van der Waals surface area contributed by atoms with Crippen molar-refractivity contribution in [3.05, 3.63) is 11.8 Å². The Hall–Kier alpha value is -0.990. The summed E-state index contributed by atoms with van der Waals surface area (Å²) in [5.41, 5.74) is 0.844. The van der Waals surface area contributed by atoms with Crippen molar-refractivity contribution in [3.63, 3.8) is 0 Å². The summed E-state index contributed by atoms with van der Waals surface area (Å²) in [4.78, 5) is 13.3. The van der Waals surface area contributed by atoms with Gasteiger partial charge in [0.1, 0.15) is 0 Å². The van der Waals surface area contributed by atoms with Crippen LogP contribution in [0.15, 0.2) is 11.8 Å². The van der Waals surface area contributed by atoms with E-state index in [2.05, 4.69) is 4.90 Å². The molecule has 0 saturated carbocycles. The number of esters is 1.